The molecule has 7 nitrogen and oxygen atoms in total. The predicted octanol–water partition coefficient (Wildman–Crippen LogP) is 1.63. The zero-order chi connectivity index (χ0) is 16.9. The van der Waals surface area contributed by atoms with Crippen LogP contribution in [0.1, 0.15) is 6.92 Å². The number of nitro groups is 1. The van der Waals surface area contributed by atoms with Gasteiger partial charge in [-0.25, -0.2) is 0 Å². The van der Waals surface area contributed by atoms with Crippen LogP contribution in [0.15, 0.2) is 24.3 Å². The Labute approximate surface area is 142 Å². The lowest BCUT2D eigenvalue weighted by Crippen LogP contribution is -2.46. The lowest BCUT2D eigenvalue weighted by atomic mass is 10.0. The van der Waals surface area contributed by atoms with Crippen LogP contribution in [-0.4, -0.2) is 73.3 Å². The zero-order valence-electron chi connectivity index (χ0n) is 14.1. The Bertz CT molecular complexity index is 563. The standard InChI is InChI=1S/C17H25N3O4/c1-14-12-18(13-17(14)19-6-8-23-9-7-19)5-10-24-16-4-2-3-15(11-16)20(21)22/h2-4,11,14,17H,5-10,12-13H2,1H3. The Hall–Kier alpha value is -1.70. The molecule has 1 aromatic carbocycles. The van der Waals surface area contributed by atoms with Gasteiger partial charge in [-0.3, -0.25) is 19.9 Å². The molecule has 3 rings (SSSR count). The maximum Gasteiger partial charge on any atom is 0.273 e. The number of rotatable bonds is 6. The van der Waals surface area contributed by atoms with Crippen LogP contribution in [0.3, 0.4) is 0 Å². The van der Waals surface area contributed by atoms with Crippen molar-refractivity contribution in [1.82, 2.24) is 9.80 Å². The minimum absolute atomic E-state index is 0.0645. The van der Waals surface area contributed by atoms with E-state index in [-0.39, 0.29) is 5.69 Å². The fourth-order valence-corrected chi connectivity index (χ4v) is 3.59. The number of likely N-dealkylation sites (tertiary alicyclic amines) is 1. The van der Waals surface area contributed by atoms with Crippen LogP contribution in [0.2, 0.25) is 0 Å². The molecule has 0 amide bonds. The highest BCUT2D eigenvalue weighted by atomic mass is 16.6. The Morgan fingerprint density at radius 3 is 2.88 bits per heavy atom. The van der Waals surface area contributed by atoms with Crippen molar-refractivity contribution in [2.45, 2.75) is 13.0 Å². The summed E-state index contributed by atoms with van der Waals surface area (Å²) in [5.41, 5.74) is 0.0645. The third-order valence-corrected chi connectivity index (χ3v) is 4.87. The average molecular weight is 335 g/mol. The van der Waals surface area contributed by atoms with E-state index in [2.05, 4.69) is 16.7 Å². The van der Waals surface area contributed by atoms with Crippen LogP contribution in [0.4, 0.5) is 5.69 Å². The van der Waals surface area contributed by atoms with Crippen molar-refractivity contribution in [3.05, 3.63) is 34.4 Å². The first-order valence-electron chi connectivity index (χ1n) is 8.55. The molecule has 2 fully saturated rings. The Morgan fingerprint density at radius 2 is 2.12 bits per heavy atom. The van der Waals surface area contributed by atoms with E-state index in [1.54, 1.807) is 12.1 Å². The Balaban J connectivity index is 1.45. The van der Waals surface area contributed by atoms with Gasteiger partial charge in [0.05, 0.1) is 24.2 Å². The molecule has 1 aromatic rings. The van der Waals surface area contributed by atoms with Crippen molar-refractivity contribution in [1.29, 1.82) is 0 Å². The van der Waals surface area contributed by atoms with Gasteiger partial charge in [-0.2, -0.15) is 0 Å². The molecule has 24 heavy (non-hydrogen) atoms. The number of morpholine rings is 1. The van der Waals surface area contributed by atoms with Gasteiger partial charge in [-0.05, 0) is 12.0 Å². The summed E-state index contributed by atoms with van der Waals surface area (Å²) in [6.45, 7) is 9.53. The molecule has 0 spiro atoms. The van der Waals surface area contributed by atoms with Crippen LogP contribution in [0.5, 0.6) is 5.75 Å². The second kappa shape index (κ2) is 7.92. The molecule has 2 aliphatic heterocycles. The lowest BCUT2D eigenvalue weighted by molar-refractivity contribution is -0.384. The van der Waals surface area contributed by atoms with Crippen molar-refractivity contribution in [3.8, 4) is 5.75 Å². The van der Waals surface area contributed by atoms with Gasteiger partial charge in [0.1, 0.15) is 12.4 Å². The molecule has 0 aromatic heterocycles. The van der Waals surface area contributed by atoms with E-state index in [1.807, 2.05) is 0 Å². The van der Waals surface area contributed by atoms with Crippen molar-refractivity contribution in [2.75, 3.05) is 52.5 Å². The highest BCUT2D eigenvalue weighted by Crippen LogP contribution is 2.23. The summed E-state index contributed by atoms with van der Waals surface area (Å²) >= 11 is 0. The third-order valence-electron chi connectivity index (χ3n) is 4.87. The molecule has 2 unspecified atom stereocenters. The summed E-state index contributed by atoms with van der Waals surface area (Å²) in [5.74, 6) is 1.20. The molecule has 0 saturated carbocycles. The van der Waals surface area contributed by atoms with Crippen LogP contribution in [-0.2, 0) is 4.74 Å². The molecule has 7 heteroatoms. The van der Waals surface area contributed by atoms with E-state index in [0.29, 0.717) is 24.3 Å². The number of nitrogens with zero attached hydrogens (tertiary/aromatic N) is 3. The quantitative estimate of drug-likeness (QED) is 0.581. The van der Waals surface area contributed by atoms with Gasteiger partial charge in [0, 0.05) is 44.8 Å². The van der Waals surface area contributed by atoms with Gasteiger partial charge in [-0.15, -0.1) is 0 Å². The van der Waals surface area contributed by atoms with E-state index < -0.39 is 4.92 Å². The molecule has 2 atom stereocenters. The maximum atomic E-state index is 10.8. The topological polar surface area (TPSA) is 68.1 Å². The largest absolute Gasteiger partial charge is 0.492 e. The molecule has 0 N–H and O–H groups in total. The molecule has 0 aliphatic carbocycles. The van der Waals surface area contributed by atoms with Crippen molar-refractivity contribution in [3.63, 3.8) is 0 Å². The molecular formula is C17H25N3O4. The van der Waals surface area contributed by atoms with Gasteiger partial charge in [0.15, 0.2) is 0 Å². The summed E-state index contributed by atoms with van der Waals surface area (Å²) in [6, 6.07) is 6.95. The van der Waals surface area contributed by atoms with Crippen LogP contribution in [0.25, 0.3) is 0 Å². The summed E-state index contributed by atoms with van der Waals surface area (Å²) in [4.78, 5) is 15.3. The second-order valence-corrected chi connectivity index (χ2v) is 6.56. The number of benzene rings is 1. The molecule has 132 valence electrons. The maximum absolute atomic E-state index is 10.8. The first kappa shape index (κ1) is 17.1. The minimum atomic E-state index is -0.401. The summed E-state index contributed by atoms with van der Waals surface area (Å²) in [6.07, 6.45) is 0. The minimum Gasteiger partial charge on any atom is -0.492 e. The lowest BCUT2D eigenvalue weighted by Gasteiger charge is -2.34. The molecular weight excluding hydrogens is 310 g/mol. The normalized spacial score (nSPS) is 25.7. The van der Waals surface area contributed by atoms with Crippen molar-refractivity contribution >= 4 is 5.69 Å². The van der Waals surface area contributed by atoms with Gasteiger partial charge in [0.2, 0.25) is 0 Å². The van der Waals surface area contributed by atoms with Gasteiger partial charge < -0.3 is 9.47 Å². The number of hydrogen-bond donors (Lipinski definition) is 0. The number of nitro benzene ring substituents is 1. The fourth-order valence-electron chi connectivity index (χ4n) is 3.59. The summed E-state index contributed by atoms with van der Waals surface area (Å²) in [5, 5.41) is 10.8. The smallest absolute Gasteiger partial charge is 0.273 e. The van der Waals surface area contributed by atoms with Crippen molar-refractivity contribution in [2.24, 2.45) is 5.92 Å². The van der Waals surface area contributed by atoms with Crippen molar-refractivity contribution < 1.29 is 14.4 Å². The fraction of sp³-hybridized carbons (Fsp3) is 0.647. The Kier molecular flexibility index (Phi) is 5.65. The summed E-state index contributed by atoms with van der Waals surface area (Å²) in [7, 11) is 0. The van der Waals surface area contributed by atoms with Crippen LogP contribution in [0, 0.1) is 16.0 Å². The monoisotopic (exact) mass is 335 g/mol. The van der Waals surface area contributed by atoms with Gasteiger partial charge >= 0.3 is 0 Å². The van der Waals surface area contributed by atoms with Crippen LogP contribution < -0.4 is 4.74 Å². The van der Waals surface area contributed by atoms with Gasteiger partial charge in [-0.1, -0.05) is 13.0 Å². The molecule has 0 bridgehead atoms. The third kappa shape index (κ3) is 4.23. The second-order valence-electron chi connectivity index (χ2n) is 6.56. The Morgan fingerprint density at radius 1 is 1.33 bits per heavy atom. The van der Waals surface area contributed by atoms with E-state index in [4.69, 9.17) is 9.47 Å². The number of non-ortho nitro benzene ring substituents is 1. The molecule has 2 aliphatic rings. The first-order valence-corrected chi connectivity index (χ1v) is 8.55. The number of hydrogen-bond acceptors (Lipinski definition) is 6. The highest BCUT2D eigenvalue weighted by molar-refractivity contribution is 5.37. The van der Waals surface area contributed by atoms with E-state index in [9.17, 15) is 10.1 Å². The molecule has 0 radical (unpaired) electrons. The van der Waals surface area contributed by atoms with Gasteiger partial charge in [0.25, 0.3) is 5.69 Å². The van der Waals surface area contributed by atoms with E-state index >= 15 is 0 Å². The summed E-state index contributed by atoms with van der Waals surface area (Å²) < 4.78 is 11.1. The number of ether oxygens (including phenoxy) is 2. The average Bonchev–Trinajstić information content (AvgIpc) is 2.96. The van der Waals surface area contributed by atoms with Crippen LogP contribution >= 0.6 is 0 Å². The first-order chi connectivity index (χ1) is 11.6. The van der Waals surface area contributed by atoms with E-state index in [1.165, 1.54) is 12.1 Å². The molecule has 2 saturated heterocycles. The zero-order valence-corrected chi connectivity index (χ0v) is 14.1. The SMILES string of the molecule is CC1CN(CCOc2cccc([N+](=O)[O-])c2)CC1N1CCOCC1. The highest BCUT2D eigenvalue weighted by Gasteiger charge is 2.34. The molecule has 2 heterocycles. The predicted molar refractivity (Wildman–Crippen MR) is 90.4 cm³/mol. The van der Waals surface area contributed by atoms with E-state index in [0.717, 1.165) is 45.9 Å².